The van der Waals surface area contributed by atoms with E-state index in [4.69, 9.17) is 9.47 Å². The third-order valence-electron chi connectivity index (χ3n) is 3.60. The molecule has 0 fully saturated rings. The second kappa shape index (κ2) is 10.9. The van der Waals surface area contributed by atoms with Crippen molar-refractivity contribution in [2.45, 2.75) is 38.1 Å². The van der Waals surface area contributed by atoms with Gasteiger partial charge in [-0.2, -0.15) is 0 Å². The van der Waals surface area contributed by atoms with Gasteiger partial charge in [0.2, 0.25) is 0 Å². The second-order valence-electron chi connectivity index (χ2n) is 5.73. The van der Waals surface area contributed by atoms with Gasteiger partial charge in [0.05, 0.1) is 13.2 Å². The van der Waals surface area contributed by atoms with Crippen molar-refractivity contribution in [3.05, 3.63) is 42.1 Å². The standard InChI is InChI=1S/C20H23F2NO3S/c1-3-11-27-20-15(7-5-9-23-20)14-12-16(21)19(17(22)13-14)26-10-6-8-18(24)25-4-2/h5,7,9,12-13H,3-4,6,8,10-11H2,1-2H3. The molecule has 4 nitrogen and oxygen atoms in total. The molecule has 1 aromatic heterocycles. The van der Waals surface area contributed by atoms with Crippen LogP contribution in [0.4, 0.5) is 8.78 Å². The summed E-state index contributed by atoms with van der Waals surface area (Å²) < 4.78 is 38.8. The molecule has 0 bridgehead atoms. The Balaban J connectivity index is 2.10. The van der Waals surface area contributed by atoms with Crippen LogP contribution in [0.15, 0.2) is 35.5 Å². The predicted octanol–water partition coefficient (Wildman–Crippen LogP) is 5.25. The van der Waals surface area contributed by atoms with Crippen LogP contribution in [0.1, 0.15) is 33.1 Å². The number of aromatic nitrogens is 1. The third kappa shape index (κ3) is 6.20. The van der Waals surface area contributed by atoms with Crippen LogP contribution in [0, 0.1) is 11.6 Å². The molecule has 7 heteroatoms. The number of nitrogens with zero attached hydrogens (tertiary/aromatic N) is 1. The zero-order valence-electron chi connectivity index (χ0n) is 15.5. The van der Waals surface area contributed by atoms with Crippen molar-refractivity contribution in [2.75, 3.05) is 19.0 Å². The number of carbonyl (C=O) groups excluding carboxylic acids is 1. The number of carbonyl (C=O) groups is 1. The molecule has 146 valence electrons. The topological polar surface area (TPSA) is 48.4 Å². The van der Waals surface area contributed by atoms with Crippen molar-refractivity contribution in [1.29, 1.82) is 0 Å². The lowest BCUT2D eigenvalue weighted by molar-refractivity contribution is -0.143. The first-order valence-electron chi connectivity index (χ1n) is 8.92. The van der Waals surface area contributed by atoms with Gasteiger partial charge in [-0.05, 0) is 49.3 Å². The predicted molar refractivity (Wildman–Crippen MR) is 102 cm³/mol. The van der Waals surface area contributed by atoms with E-state index in [0.29, 0.717) is 24.2 Å². The highest BCUT2D eigenvalue weighted by Gasteiger charge is 2.16. The van der Waals surface area contributed by atoms with E-state index in [1.807, 2.05) is 0 Å². The fraction of sp³-hybridized carbons (Fsp3) is 0.400. The lowest BCUT2D eigenvalue weighted by Crippen LogP contribution is -2.08. The smallest absolute Gasteiger partial charge is 0.305 e. The van der Waals surface area contributed by atoms with Gasteiger partial charge in [0.15, 0.2) is 17.4 Å². The molecular weight excluding hydrogens is 372 g/mol. The molecule has 2 aromatic rings. The zero-order valence-corrected chi connectivity index (χ0v) is 16.3. The number of hydrogen-bond acceptors (Lipinski definition) is 5. The molecule has 0 saturated carbocycles. The molecule has 2 rings (SSSR count). The first kappa shape index (κ1) is 21.2. The molecule has 0 atom stereocenters. The summed E-state index contributed by atoms with van der Waals surface area (Å²) in [6, 6.07) is 6.02. The largest absolute Gasteiger partial charge is 0.488 e. The van der Waals surface area contributed by atoms with Crippen LogP contribution in [0.25, 0.3) is 11.1 Å². The van der Waals surface area contributed by atoms with Crippen molar-refractivity contribution >= 4 is 17.7 Å². The summed E-state index contributed by atoms with van der Waals surface area (Å²) in [4.78, 5) is 15.6. The molecule has 0 radical (unpaired) electrons. The van der Waals surface area contributed by atoms with Crippen LogP contribution in [0.5, 0.6) is 5.75 Å². The van der Waals surface area contributed by atoms with Gasteiger partial charge >= 0.3 is 5.97 Å². The molecule has 1 heterocycles. The van der Waals surface area contributed by atoms with Crippen molar-refractivity contribution in [1.82, 2.24) is 4.98 Å². The fourth-order valence-electron chi connectivity index (χ4n) is 2.40. The van der Waals surface area contributed by atoms with E-state index >= 15 is 0 Å². The maximum atomic E-state index is 14.4. The van der Waals surface area contributed by atoms with Gasteiger partial charge in [-0.1, -0.05) is 13.0 Å². The summed E-state index contributed by atoms with van der Waals surface area (Å²) in [7, 11) is 0. The van der Waals surface area contributed by atoms with E-state index < -0.39 is 17.4 Å². The highest BCUT2D eigenvalue weighted by molar-refractivity contribution is 7.99. The van der Waals surface area contributed by atoms with Crippen molar-refractivity contribution in [3.63, 3.8) is 0 Å². The Morgan fingerprint density at radius 2 is 1.96 bits per heavy atom. The Bertz CT molecular complexity index is 748. The number of benzene rings is 1. The molecule has 0 aliphatic rings. The van der Waals surface area contributed by atoms with Crippen LogP contribution in [0.2, 0.25) is 0 Å². The van der Waals surface area contributed by atoms with Crippen molar-refractivity contribution in [2.24, 2.45) is 0 Å². The summed E-state index contributed by atoms with van der Waals surface area (Å²) in [5, 5.41) is 0.737. The lowest BCUT2D eigenvalue weighted by atomic mass is 10.1. The van der Waals surface area contributed by atoms with E-state index in [2.05, 4.69) is 11.9 Å². The molecular formula is C20H23F2NO3S. The molecule has 0 saturated heterocycles. The van der Waals surface area contributed by atoms with Gasteiger partial charge in [0.1, 0.15) is 5.03 Å². The Labute approximate surface area is 162 Å². The number of esters is 1. The van der Waals surface area contributed by atoms with E-state index in [-0.39, 0.29) is 19.0 Å². The summed E-state index contributed by atoms with van der Waals surface area (Å²) in [5.74, 6) is -1.48. The highest BCUT2D eigenvalue weighted by Crippen LogP contribution is 2.34. The summed E-state index contributed by atoms with van der Waals surface area (Å²) in [6.07, 6.45) is 3.10. The Morgan fingerprint density at radius 3 is 2.63 bits per heavy atom. The molecule has 0 spiro atoms. The first-order chi connectivity index (χ1) is 13.1. The minimum Gasteiger partial charge on any atom is -0.488 e. The molecule has 0 amide bonds. The van der Waals surface area contributed by atoms with Gasteiger partial charge in [-0.3, -0.25) is 4.79 Å². The zero-order chi connectivity index (χ0) is 19.6. The van der Waals surface area contributed by atoms with Crippen LogP contribution in [0.3, 0.4) is 0 Å². The van der Waals surface area contributed by atoms with Crippen LogP contribution in [-0.2, 0) is 9.53 Å². The average Bonchev–Trinajstić information content (AvgIpc) is 2.65. The molecule has 1 aromatic carbocycles. The number of rotatable bonds is 10. The SMILES string of the molecule is CCCSc1ncccc1-c1cc(F)c(OCCCC(=O)OCC)c(F)c1. The maximum Gasteiger partial charge on any atom is 0.305 e. The molecule has 0 aliphatic heterocycles. The van der Waals surface area contributed by atoms with Gasteiger partial charge in [-0.15, -0.1) is 11.8 Å². The van der Waals surface area contributed by atoms with Crippen molar-refractivity contribution < 1.29 is 23.0 Å². The number of thioether (sulfide) groups is 1. The number of halogens is 2. The minimum absolute atomic E-state index is 0.0243. The lowest BCUT2D eigenvalue weighted by Gasteiger charge is -2.12. The summed E-state index contributed by atoms with van der Waals surface area (Å²) >= 11 is 1.55. The van der Waals surface area contributed by atoms with Crippen LogP contribution < -0.4 is 4.74 Å². The molecule has 27 heavy (non-hydrogen) atoms. The minimum atomic E-state index is -0.781. The fourth-order valence-corrected chi connectivity index (χ4v) is 3.28. The monoisotopic (exact) mass is 395 g/mol. The Morgan fingerprint density at radius 1 is 1.22 bits per heavy atom. The van der Waals surface area contributed by atoms with Crippen LogP contribution >= 0.6 is 11.8 Å². The second-order valence-corrected chi connectivity index (χ2v) is 6.81. The third-order valence-corrected chi connectivity index (χ3v) is 4.81. The summed E-state index contributed by atoms with van der Waals surface area (Å²) in [5.41, 5.74) is 1.10. The van der Waals surface area contributed by atoms with Gasteiger partial charge in [0.25, 0.3) is 0 Å². The first-order valence-corrected chi connectivity index (χ1v) is 9.91. The van der Waals surface area contributed by atoms with E-state index in [1.165, 1.54) is 12.1 Å². The molecule has 0 aliphatic carbocycles. The quantitative estimate of drug-likeness (QED) is 0.312. The highest BCUT2D eigenvalue weighted by atomic mass is 32.2. The van der Waals surface area contributed by atoms with Gasteiger partial charge in [0, 0.05) is 18.2 Å². The molecule has 0 N–H and O–H groups in total. The van der Waals surface area contributed by atoms with Crippen molar-refractivity contribution in [3.8, 4) is 16.9 Å². The normalized spacial score (nSPS) is 10.7. The van der Waals surface area contributed by atoms with Gasteiger partial charge < -0.3 is 9.47 Å². The Hall–Kier alpha value is -2.15. The van der Waals surface area contributed by atoms with Gasteiger partial charge in [-0.25, -0.2) is 13.8 Å². The van der Waals surface area contributed by atoms with E-state index in [0.717, 1.165) is 17.2 Å². The van der Waals surface area contributed by atoms with E-state index in [1.54, 1.807) is 37.0 Å². The number of hydrogen-bond donors (Lipinski definition) is 0. The van der Waals surface area contributed by atoms with E-state index in [9.17, 15) is 13.6 Å². The Kier molecular flexibility index (Phi) is 8.51. The summed E-state index contributed by atoms with van der Waals surface area (Å²) in [6.45, 7) is 4.10. The maximum absolute atomic E-state index is 14.4. The molecule has 0 unspecified atom stereocenters. The average molecular weight is 395 g/mol. The van der Waals surface area contributed by atoms with Crippen LogP contribution in [-0.4, -0.2) is 29.9 Å². The number of pyridine rings is 1. The number of ether oxygens (including phenoxy) is 2.